The number of aryl methyl sites for hydroxylation is 1. The fourth-order valence-electron chi connectivity index (χ4n) is 8.86. The largest absolute Gasteiger partial charge is 0.494 e. The molecule has 12 rings (SSSR count). The molecule has 0 aliphatic carbocycles. The summed E-state index contributed by atoms with van der Waals surface area (Å²) >= 11 is 11.9. The molecule has 9 N–H and O–H groups in total. The molecule has 3 aromatic carbocycles. The van der Waals surface area contributed by atoms with Gasteiger partial charge in [0.1, 0.15) is 51.4 Å². The molecule has 0 aliphatic rings. The number of carbonyl (C=O) groups excluding carboxylic acids is 6. The number of methoxy groups -OCH3 is 1. The number of urea groups is 3. The maximum absolute atomic E-state index is 12.7. The summed E-state index contributed by atoms with van der Waals surface area (Å²) in [6, 6.07) is 32.3. The van der Waals surface area contributed by atoms with E-state index in [-0.39, 0.29) is 45.1 Å². The van der Waals surface area contributed by atoms with E-state index in [9.17, 15) is 28.8 Å². The second-order valence-electron chi connectivity index (χ2n) is 25.0. The lowest BCUT2D eigenvalue weighted by Crippen LogP contribution is -2.20. The first-order chi connectivity index (χ1) is 46.5. The molecule has 9 heterocycles. The third-order valence-corrected chi connectivity index (χ3v) is 14.4. The van der Waals surface area contributed by atoms with Crippen LogP contribution in [0.2, 0.25) is 10.0 Å². The Labute approximate surface area is 569 Å². The molecule has 0 bridgehead atoms. The molecule has 0 saturated heterocycles. The van der Waals surface area contributed by atoms with E-state index < -0.39 is 24.0 Å². The Morgan fingerprint density at radius 1 is 0.408 bits per heavy atom. The first-order valence-corrected chi connectivity index (χ1v) is 30.8. The van der Waals surface area contributed by atoms with Crippen LogP contribution in [0, 0.1) is 6.92 Å². The van der Waals surface area contributed by atoms with Crippen molar-refractivity contribution in [3.8, 4) is 5.75 Å². The van der Waals surface area contributed by atoms with Crippen LogP contribution in [-0.2, 0) is 16.2 Å². The van der Waals surface area contributed by atoms with Crippen LogP contribution in [0.1, 0.15) is 117 Å². The number of anilines is 9. The molecule has 0 spiro atoms. The number of benzene rings is 3. The summed E-state index contributed by atoms with van der Waals surface area (Å²) in [6.45, 7) is 19.7. The number of halogens is 2. The van der Waals surface area contributed by atoms with E-state index in [0.29, 0.717) is 102 Å². The standard InChI is InChI=1S/C23H25N7O4.2C22H21ClN6O3/c1-13-6-9-20-25-16(12-30(20)28-13)21(31)24-14-7-8-15(17(10-14)33-5)26-22(32)27-19-11-18(34-29-19)23(2,3)4;2*1-22(2,3)17-10-18(28-32-17)27-21(31)25-15-7-5-14(6-8-15)24-20(30)16-12-29-11-13(23)4-9-19(29)26-16/h6-12H,1-5H3,(H,24,31)(H2,26,27,29,32);2*4-12H,1-3H3,(H,24,30)(H2,25,27,28,31). The summed E-state index contributed by atoms with van der Waals surface area (Å²) < 4.78 is 26.1. The minimum atomic E-state index is -0.517. The summed E-state index contributed by atoms with van der Waals surface area (Å²) in [7, 11) is 1.47. The fourth-order valence-corrected chi connectivity index (χ4v) is 9.19. The minimum Gasteiger partial charge on any atom is -0.494 e. The SMILES string of the molecule is CC(C)(C)c1cc(NC(=O)Nc2ccc(NC(=O)c3cn4cc(Cl)ccc4n3)cc2)no1.CC(C)(C)c1cc(NC(=O)Nc2ccc(NC(=O)c3cn4cc(Cl)ccc4n3)cc2)no1.COc1cc(NC(=O)c2cn3nc(C)ccc3n2)ccc1NC(=O)Nc1cc(C(C)(C)C)on1. The number of hydrogen-bond acceptors (Lipinski definition) is 17. The summed E-state index contributed by atoms with van der Waals surface area (Å²) in [4.78, 5) is 87.3. The van der Waals surface area contributed by atoms with Crippen molar-refractivity contribution in [3.05, 3.63) is 202 Å². The molecule has 0 unspecified atom stereocenters. The number of pyridine rings is 2. The number of nitrogens with zero attached hydrogens (tertiary/aromatic N) is 10. The molecule has 9 aromatic heterocycles. The number of fused-ring (bicyclic) bond motifs is 3. The molecule has 29 nitrogen and oxygen atoms in total. The highest BCUT2D eigenvalue weighted by Gasteiger charge is 2.24. The van der Waals surface area contributed by atoms with Crippen LogP contribution in [0.5, 0.6) is 5.75 Å². The zero-order valence-corrected chi connectivity index (χ0v) is 56.3. The molecule has 0 radical (unpaired) electrons. The van der Waals surface area contributed by atoms with Crippen molar-refractivity contribution in [1.82, 2.24) is 48.8 Å². The van der Waals surface area contributed by atoms with E-state index >= 15 is 0 Å². The number of ether oxygens (including phenoxy) is 1. The average Bonchev–Trinajstić information content (AvgIpc) is 1.67. The summed E-state index contributed by atoms with van der Waals surface area (Å²) in [5, 5.41) is 41.2. The zero-order valence-electron chi connectivity index (χ0n) is 54.7. The lowest BCUT2D eigenvalue weighted by molar-refractivity contribution is 0.101. The number of carbonyl (C=O) groups is 6. The Hall–Kier alpha value is -12.1. The first-order valence-electron chi connectivity index (χ1n) is 30.1. The van der Waals surface area contributed by atoms with E-state index in [4.69, 9.17) is 41.5 Å². The summed E-state index contributed by atoms with van der Waals surface area (Å²) in [5.74, 6) is 2.17. The molecule has 504 valence electrons. The van der Waals surface area contributed by atoms with E-state index in [0.717, 1.165) is 5.69 Å². The normalized spacial score (nSPS) is 11.4. The molecule has 0 fully saturated rings. The lowest BCUT2D eigenvalue weighted by atomic mass is 9.93. The predicted molar refractivity (Wildman–Crippen MR) is 371 cm³/mol. The lowest BCUT2D eigenvalue weighted by Gasteiger charge is -2.13. The number of aromatic nitrogens is 10. The van der Waals surface area contributed by atoms with Crippen molar-refractivity contribution < 1.29 is 47.1 Å². The molecular weight excluding hydrogens is 1300 g/mol. The second-order valence-corrected chi connectivity index (χ2v) is 25.9. The van der Waals surface area contributed by atoms with E-state index in [1.54, 1.807) is 160 Å². The van der Waals surface area contributed by atoms with Crippen LogP contribution in [-0.4, -0.2) is 91.8 Å². The molecule has 0 saturated carbocycles. The van der Waals surface area contributed by atoms with Gasteiger partial charge in [0, 0.05) is 93.7 Å². The average molecular weight is 1370 g/mol. The highest BCUT2D eigenvalue weighted by atomic mass is 35.5. The van der Waals surface area contributed by atoms with Crippen molar-refractivity contribution in [3.63, 3.8) is 0 Å². The Balaban J connectivity index is 0.000000159. The number of imidazole rings is 3. The van der Waals surface area contributed by atoms with Crippen molar-refractivity contribution in [2.45, 2.75) is 85.5 Å². The van der Waals surface area contributed by atoms with E-state index in [1.165, 1.54) is 7.11 Å². The van der Waals surface area contributed by atoms with E-state index in [1.807, 2.05) is 75.3 Å². The topological polar surface area (TPSA) is 363 Å². The van der Waals surface area contributed by atoms with Gasteiger partial charge < -0.3 is 59.0 Å². The molecule has 31 heteroatoms. The smallest absolute Gasteiger partial charge is 0.325 e. The van der Waals surface area contributed by atoms with Crippen LogP contribution < -0.4 is 52.6 Å². The van der Waals surface area contributed by atoms with Crippen LogP contribution in [0.4, 0.5) is 66.0 Å². The number of hydrogen-bond donors (Lipinski definition) is 9. The molecule has 9 amide bonds. The van der Waals surface area contributed by atoms with Gasteiger partial charge in [-0.1, -0.05) is 101 Å². The van der Waals surface area contributed by atoms with Gasteiger partial charge in [0.25, 0.3) is 17.7 Å². The third kappa shape index (κ3) is 18.0. The van der Waals surface area contributed by atoms with Gasteiger partial charge >= 0.3 is 18.1 Å². The maximum atomic E-state index is 12.7. The number of rotatable bonds is 13. The van der Waals surface area contributed by atoms with Crippen molar-refractivity contribution in [2.75, 3.05) is 55.0 Å². The van der Waals surface area contributed by atoms with Crippen LogP contribution in [0.3, 0.4) is 0 Å². The van der Waals surface area contributed by atoms with Gasteiger partial charge in [-0.05, 0) is 104 Å². The minimum absolute atomic E-state index is 0.208. The van der Waals surface area contributed by atoms with Gasteiger partial charge in [0.2, 0.25) is 0 Å². The Bertz CT molecular complexity index is 4710. The van der Waals surface area contributed by atoms with Gasteiger partial charge in [-0.25, -0.2) is 33.9 Å². The van der Waals surface area contributed by atoms with Crippen LogP contribution in [0.25, 0.3) is 16.9 Å². The van der Waals surface area contributed by atoms with Gasteiger partial charge in [-0.3, -0.25) is 30.3 Å². The number of nitrogens with one attached hydrogen (secondary N) is 9. The highest BCUT2D eigenvalue weighted by Crippen LogP contribution is 2.31. The van der Waals surface area contributed by atoms with Gasteiger partial charge in [-0.2, -0.15) is 5.10 Å². The fraction of sp³-hybridized carbons (Fsp3) is 0.209. The molecule has 0 atom stereocenters. The zero-order chi connectivity index (χ0) is 70.2. The molecule has 12 aromatic rings. The summed E-state index contributed by atoms with van der Waals surface area (Å²) in [5.41, 5.74) is 5.80. The second kappa shape index (κ2) is 28.9. The Morgan fingerprint density at radius 3 is 1.16 bits per heavy atom. The monoisotopic (exact) mass is 1370 g/mol. The molecule has 98 heavy (non-hydrogen) atoms. The van der Waals surface area contributed by atoms with Crippen molar-refractivity contribution >= 4 is 128 Å². The quantitative estimate of drug-likeness (QED) is 0.0518. The van der Waals surface area contributed by atoms with Crippen LogP contribution >= 0.6 is 23.2 Å². The predicted octanol–water partition coefficient (Wildman–Crippen LogP) is 14.6. The van der Waals surface area contributed by atoms with Crippen LogP contribution in [0.15, 0.2) is 166 Å². The van der Waals surface area contributed by atoms with Gasteiger partial charge in [0.15, 0.2) is 23.1 Å². The third-order valence-electron chi connectivity index (χ3n) is 14.0. The highest BCUT2D eigenvalue weighted by molar-refractivity contribution is 6.30. The van der Waals surface area contributed by atoms with Crippen molar-refractivity contribution in [1.29, 1.82) is 0 Å². The maximum Gasteiger partial charge on any atom is 0.325 e. The van der Waals surface area contributed by atoms with E-state index in [2.05, 4.69) is 83.4 Å². The Kier molecular flexibility index (Phi) is 20.2. The summed E-state index contributed by atoms with van der Waals surface area (Å²) in [6.07, 6.45) is 8.12. The molecular formula is C67H67Cl2N19O10. The Morgan fingerprint density at radius 2 is 0.765 bits per heavy atom. The van der Waals surface area contributed by atoms with Gasteiger partial charge in [-0.15, -0.1) is 0 Å². The van der Waals surface area contributed by atoms with Crippen molar-refractivity contribution in [2.24, 2.45) is 0 Å². The first kappa shape index (κ1) is 68.7. The molecule has 0 aliphatic heterocycles. The number of amides is 9. The van der Waals surface area contributed by atoms with Gasteiger partial charge in [0.05, 0.1) is 34.7 Å².